The molecule has 1 rings (SSSR count). The molecule has 0 heterocycles. The zero-order valence-electron chi connectivity index (χ0n) is 10.2. The average molecular weight is 272 g/mol. The van der Waals surface area contributed by atoms with E-state index in [1.807, 2.05) is 0 Å². The van der Waals surface area contributed by atoms with Crippen LogP contribution in [0.3, 0.4) is 0 Å². The molecule has 6 nitrogen and oxygen atoms in total. The van der Waals surface area contributed by atoms with Gasteiger partial charge >= 0.3 is 0 Å². The van der Waals surface area contributed by atoms with Crippen molar-refractivity contribution in [3.05, 3.63) is 23.8 Å². The summed E-state index contributed by atoms with van der Waals surface area (Å²) >= 11 is 0. The Bertz CT molecular complexity index is 554. The predicted octanol–water partition coefficient (Wildman–Crippen LogP) is -0.217. The van der Waals surface area contributed by atoms with Gasteiger partial charge in [0.2, 0.25) is 0 Å². The van der Waals surface area contributed by atoms with E-state index in [-0.39, 0.29) is 22.8 Å². The maximum Gasteiger partial charge on any atom is 0.251 e. The number of sulfone groups is 1. The summed E-state index contributed by atoms with van der Waals surface area (Å²) in [5.41, 5.74) is 5.91. The van der Waals surface area contributed by atoms with Crippen LogP contribution in [-0.4, -0.2) is 38.3 Å². The number of benzene rings is 1. The number of carbonyl (C=O) groups is 1. The van der Waals surface area contributed by atoms with Gasteiger partial charge in [-0.1, -0.05) is 0 Å². The zero-order chi connectivity index (χ0) is 13.9. The van der Waals surface area contributed by atoms with Gasteiger partial charge in [-0.05, 0) is 25.1 Å². The normalized spacial score (nSPS) is 13.1. The van der Waals surface area contributed by atoms with Crippen LogP contribution in [0.5, 0.6) is 0 Å². The number of nitrogens with one attached hydrogen (secondary N) is 1. The molecule has 0 saturated carbocycles. The Balaban J connectivity index is 3.11. The van der Waals surface area contributed by atoms with Gasteiger partial charge in [-0.25, -0.2) is 8.42 Å². The largest absolute Gasteiger partial charge is 0.399 e. The molecule has 1 atom stereocenters. The van der Waals surface area contributed by atoms with E-state index in [4.69, 9.17) is 10.8 Å². The minimum Gasteiger partial charge on any atom is -0.399 e. The topological polar surface area (TPSA) is 109 Å². The summed E-state index contributed by atoms with van der Waals surface area (Å²) < 4.78 is 22.8. The fraction of sp³-hybridized carbons (Fsp3) is 0.364. The summed E-state index contributed by atoms with van der Waals surface area (Å²) in [6, 6.07) is 3.52. The van der Waals surface area contributed by atoms with E-state index >= 15 is 0 Å². The van der Waals surface area contributed by atoms with Crippen LogP contribution in [0, 0.1) is 0 Å². The van der Waals surface area contributed by atoms with E-state index in [1.54, 1.807) is 6.92 Å². The molecule has 100 valence electrons. The Morgan fingerprint density at radius 1 is 1.44 bits per heavy atom. The number of anilines is 1. The summed E-state index contributed by atoms with van der Waals surface area (Å²) in [5.74, 6) is -0.478. The van der Waals surface area contributed by atoms with Crippen molar-refractivity contribution in [3.63, 3.8) is 0 Å². The van der Waals surface area contributed by atoms with E-state index in [9.17, 15) is 13.2 Å². The molecular formula is C11H16N2O4S. The van der Waals surface area contributed by atoms with Crippen molar-refractivity contribution in [2.75, 3.05) is 18.6 Å². The lowest BCUT2D eigenvalue weighted by atomic mass is 10.2. The molecule has 1 aromatic carbocycles. The highest BCUT2D eigenvalue weighted by molar-refractivity contribution is 7.90. The van der Waals surface area contributed by atoms with Crippen LogP contribution in [0.1, 0.15) is 17.3 Å². The molecule has 18 heavy (non-hydrogen) atoms. The highest BCUT2D eigenvalue weighted by Crippen LogP contribution is 2.16. The number of nitrogen functional groups attached to an aromatic ring is 1. The highest BCUT2D eigenvalue weighted by Gasteiger charge is 2.14. The summed E-state index contributed by atoms with van der Waals surface area (Å²) in [5, 5.41) is 11.3. The molecule has 1 aromatic rings. The van der Waals surface area contributed by atoms with Gasteiger partial charge in [-0.15, -0.1) is 0 Å². The Morgan fingerprint density at radius 3 is 2.56 bits per heavy atom. The molecule has 0 spiro atoms. The molecule has 4 N–H and O–H groups in total. The van der Waals surface area contributed by atoms with E-state index in [0.29, 0.717) is 0 Å². The van der Waals surface area contributed by atoms with Crippen molar-refractivity contribution < 1.29 is 18.3 Å². The average Bonchev–Trinajstić information content (AvgIpc) is 2.26. The third-order valence-electron chi connectivity index (χ3n) is 2.27. The van der Waals surface area contributed by atoms with Crippen molar-refractivity contribution in [1.82, 2.24) is 5.32 Å². The van der Waals surface area contributed by atoms with Crippen LogP contribution < -0.4 is 11.1 Å². The van der Waals surface area contributed by atoms with Gasteiger partial charge in [0.1, 0.15) is 0 Å². The number of amides is 1. The molecule has 0 radical (unpaired) electrons. The summed E-state index contributed by atoms with van der Waals surface area (Å²) in [4.78, 5) is 11.8. The first kappa shape index (κ1) is 14.5. The summed E-state index contributed by atoms with van der Waals surface area (Å²) in [6.07, 6.45) is 1.04. The second kappa shape index (κ2) is 5.36. The predicted molar refractivity (Wildman–Crippen MR) is 68.0 cm³/mol. The van der Waals surface area contributed by atoms with Crippen molar-refractivity contribution in [2.24, 2.45) is 0 Å². The quantitative estimate of drug-likeness (QED) is 0.657. The van der Waals surface area contributed by atoms with Crippen molar-refractivity contribution in [2.45, 2.75) is 17.9 Å². The molecule has 7 heteroatoms. The second-order valence-electron chi connectivity index (χ2n) is 4.12. The number of nitrogens with two attached hydrogens (primary N) is 1. The molecule has 1 amide bonds. The van der Waals surface area contributed by atoms with Crippen LogP contribution in [0.4, 0.5) is 5.69 Å². The first-order valence-corrected chi connectivity index (χ1v) is 7.15. The van der Waals surface area contributed by atoms with E-state index in [0.717, 1.165) is 6.26 Å². The van der Waals surface area contributed by atoms with Gasteiger partial charge in [0.25, 0.3) is 5.91 Å². The molecule has 0 aromatic heterocycles. The van der Waals surface area contributed by atoms with Crippen LogP contribution in [0.25, 0.3) is 0 Å². The molecule has 0 fully saturated rings. The monoisotopic (exact) mass is 272 g/mol. The van der Waals surface area contributed by atoms with Gasteiger partial charge in [0.15, 0.2) is 9.84 Å². The molecule has 0 saturated heterocycles. The van der Waals surface area contributed by atoms with Crippen LogP contribution >= 0.6 is 0 Å². The van der Waals surface area contributed by atoms with E-state index in [1.165, 1.54) is 18.2 Å². The van der Waals surface area contributed by atoms with Crippen LogP contribution in [-0.2, 0) is 9.84 Å². The van der Waals surface area contributed by atoms with Crippen molar-refractivity contribution >= 4 is 21.4 Å². The van der Waals surface area contributed by atoms with Crippen LogP contribution in [0.15, 0.2) is 23.1 Å². The number of hydrogen-bond donors (Lipinski definition) is 3. The summed E-state index contributed by atoms with van der Waals surface area (Å²) in [7, 11) is -3.42. The highest BCUT2D eigenvalue weighted by atomic mass is 32.2. The molecule has 0 unspecified atom stereocenters. The Hall–Kier alpha value is -1.60. The summed E-state index contributed by atoms with van der Waals surface area (Å²) in [6.45, 7) is 1.43. The Labute approximate surface area is 106 Å². The van der Waals surface area contributed by atoms with Gasteiger partial charge < -0.3 is 16.2 Å². The van der Waals surface area contributed by atoms with E-state index in [2.05, 4.69) is 5.32 Å². The van der Waals surface area contributed by atoms with Gasteiger partial charge in [0.05, 0.1) is 11.5 Å². The van der Waals surface area contributed by atoms with Gasteiger partial charge in [-0.3, -0.25) is 4.79 Å². The number of hydrogen-bond acceptors (Lipinski definition) is 5. The van der Waals surface area contributed by atoms with Gasteiger partial charge in [0, 0.05) is 23.5 Å². The Morgan fingerprint density at radius 2 is 2.06 bits per heavy atom. The fourth-order valence-corrected chi connectivity index (χ4v) is 2.01. The lowest BCUT2D eigenvalue weighted by Gasteiger charge is -2.11. The number of carbonyl (C=O) groups excluding carboxylic acids is 1. The minimum absolute atomic E-state index is 0.00991. The first-order valence-electron chi connectivity index (χ1n) is 5.26. The molecule has 0 aliphatic rings. The number of aliphatic hydroxyl groups excluding tert-OH is 1. The van der Waals surface area contributed by atoms with Gasteiger partial charge in [-0.2, -0.15) is 0 Å². The third-order valence-corrected chi connectivity index (χ3v) is 3.36. The maximum atomic E-state index is 11.8. The van der Waals surface area contributed by atoms with Crippen molar-refractivity contribution in [1.29, 1.82) is 0 Å². The number of rotatable bonds is 4. The van der Waals surface area contributed by atoms with Crippen molar-refractivity contribution in [3.8, 4) is 0 Å². The smallest absolute Gasteiger partial charge is 0.251 e. The SMILES string of the molecule is C[C@H](CO)NC(=O)c1cc(N)cc(S(C)(=O)=O)c1. The standard InChI is InChI=1S/C11H16N2O4S/c1-7(6-14)13-11(15)8-3-9(12)5-10(4-8)18(2,16)17/h3-5,7,14H,6,12H2,1-2H3,(H,13,15)/t7-/m1/s1. The minimum atomic E-state index is -3.42. The molecule has 0 aliphatic heterocycles. The molecule has 0 bridgehead atoms. The van der Waals surface area contributed by atoms with Crippen LogP contribution in [0.2, 0.25) is 0 Å². The first-order chi connectivity index (χ1) is 8.24. The maximum absolute atomic E-state index is 11.8. The lowest BCUT2D eigenvalue weighted by molar-refractivity contribution is 0.0922. The lowest BCUT2D eigenvalue weighted by Crippen LogP contribution is -2.35. The second-order valence-corrected chi connectivity index (χ2v) is 6.14. The molecule has 0 aliphatic carbocycles. The number of aliphatic hydroxyl groups is 1. The van der Waals surface area contributed by atoms with E-state index < -0.39 is 21.8 Å². The Kier molecular flexibility index (Phi) is 4.31. The molecular weight excluding hydrogens is 256 g/mol. The fourth-order valence-electron chi connectivity index (χ4n) is 1.32. The zero-order valence-corrected chi connectivity index (χ0v) is 11.0. The third kappa shape index (κ3) is 3.71.